The highest BCUT2D eigenvalue weighted by Crippen LogP contribution is 2.39. The third kappa shape index (κ3) is 2.07. The fourth-order valence-corrected chi connectivity index (χ4v) is 2.92. The van der Waals surface area contributed by atoms with Gasteiger partial charge in [0.2, 0.25) is 0 Å². The second-order valence-electron chi connectivity index (χ2n) is 4.93. The van der Waals surface area contributed by atoms with Gasteiger partial charge < -0.3 is 10.1 Å². The Bertz CT molecular complexity index is 442. The van der Waals surface area contributed by atoms with Gasteiger partial charge in [-0.1, -0.05) is 6.08 Å². The molecular formula is C14H18N2O. The van der Waals surface area contributed by atoms with Gasteiger partial charge in [-0.25, -0.2) is 0 Å². The summed E-state index contributed by atoms with van der Waals surface area (Å²) in [5, 5.41) is 3.48. The van der Waals surface area contributed by atoms with Crippen LogP contribution >= 0.6 is 0 Å². The van der Waals surface area contributed by atoms with Crippen LogP contribution < -0.4 is 10.1 Å². The summed E-state index contributed by atoms with van der Waals surface area (Å²) >= 11 is 0. The van der Waals surface area contributed by atoms with Gasteiger partial charge >= 0.3 is 0 Å². The van der Waals surface area contributed by atoms with Crippen LogP contribution in [-0.4, -0.2) is 25.2 Å². The molecule has 17 heavy (non-hydrogen) atoms. The van der Waals surface area contributed by atoms with E-state index in [0.717, 1.165) is 30.7 Å². The van der Waals surface area contributed by atoms with Crippen molar-refractivity contribution in [1.29, 1.82) is 0 Å². The van der Waals surface area contributed by atoms with E-state index in [9.17, 15) is 0 Å². The minimum absolute atomic E-state index is 0.762. The Morgan fingerprint density at radius 2 is 2.35 bits per heavy atom. The molecular weight excluding hydrogens is 212 g/mol. The molecule has 90 valence electrons. The maximum absolute atomic E-state index is 5.23. The maximum Gasteiger partial charge on any atom is 0.137 e. The first-order valence-corrected chi connectivity index (χ1v) is 6.27. The van der Waals surface area contributed by atoms with Crippen LogP contribution in [0.5, 0.6) is 5.75 Å². The molecule has 0 bridgehead atoms. The van der Waals surface area contributed by atoms with Crippen LogP contribution in [0.4, 0.5) is 0 Å². The van der Waals surface area contributed by atoms with E-state index in [1.807, 2.05) is 6.20 Å². The molecule has 1 aliphatic heterocycles. The predicted octanol–water partition coefficient (Wildman–Crippen LogP) is 2.10. The van der Waals surface area contributed by atoms with Gasteiger partial charge in [0.1, 0.15) is 5.75 Å². The number of fused-ring (bicyclic) bond motifs is 1. The van der Waals surface area contributed by atoms with E-state index in [1.54, 1.807) is 13.3 Å². The summed E-state index contributed by atoms with van der Waals surface area (Å²) in [4.78, 5) is 4.24. The largest absolute Gasteiger partial charge is 0.495 e. The molecule has 1 aromatic heterocycles. The van der Waals surface area contributed by atoms with Crippen molar-refractivity contribution in [2.75, 3.05) is 20.2 Å². The number of pyridine rings is 1. The van der Waals surface area contributed by atoms with E-state index in [1.165, 1.54) is 24.0 Å². The first-order chi connectivity index (χ1) is 8.36. The first-order valence-electron chi connectivity index (χ1n) is 6.27. The second-order valence-corrected chi connectivity index (χ2v) is 4.93. The van der Waals surface area contributed by atoms with Crippen molar-refractivity contribution >= 4 is 5.57 Å². The maximum atomic E-state index is 5.23. The molecule has 3 heteroatoms. The lowest BCUT2D eigenvalue weighted by molar-refractivity contribution is 0.324. The van der Waals surface area contributed by atoms with E-state index >= 15 is 0 Å². The van der Waals surface area contributed by atoms with Crippen molar-refractivity contribution in [2.45, 2.75) is 12.8 Å². The number of piperidine rings is 1. The monoisotopic (exact) mass is 230 g/mol. The normalized spacial score (nSPS) is 27.5. The van der Waals surface area contributed by atoms with Crippen molar-refractivity contribution in [2.24, 2.45) is 11.8 Å². The summed E-state index contributed by atoms with van der Waals surface area (Å²) in [5.74, 6) is 2.39. The summed E-state index contributed by atoms with van der Waals surface area (Å²) in [6.45, 7) is 2.31. The minimum atomic E-state index is 0.762. The molecule has 2 atom stereocenters. The first kappa shape index (κ1) is 10.8. The SMILES string of the molecule is COc1cncc(C2=C[C@@H]3CCNC[C@@H]3C2)c1. The topological polar surface area (TPSA) is 34.1 Å². The molecule has 0 saturated carbocycles. The highest BCUT2D eigenvalue weighted by molar-refractivity contribution is 5.68. The molecule has 0 unspecified atom stereocenters. The lowest BCUT2D eigenvalue weighted by atomic mass is 9.89. The molecule has 2 heterocycles. The van der Waals surface area contributed by atoms with Crippen LogP contribution in [0, 0.1) is 11.8 Å². The molecule has 1 N–H and O–H groups in total. The standard InChI is InChI=1S/C14H18N2O/c1-17-14-6-13(8-16-9-14)11-4-10-2-3-15-7-12(10)5-11/h4,6,8-10,12,15H,2-3,5,7H2,1H3/t10-,12-/m0/s1. The van der Waals surface area contributed by atoms with E-state index < -0.39 is 0 Å². The summed E-state index contributed by atoms with van der Waals surface area (Å²) < 4.78 is 5.23. The van der Waals surface area contributed by atoms with Crippen LogP contribution in [0.2, 0.25) is 0 Å². The quantitative estimate of drug-likeness (QED) is 0.845. The van der Waals surface area contributed by atoms with E-state index in [-0.39, 0.29) is 0 Å². The molecule has 3 nitrogen and oxygen atoms in total. The van der Waals surface area contributed by atoms with Gasteiger partial charge in [0.15, 0.2) is 0 Å². The fraction of sp³-hybridized carbons (Fsp3) is 0.500. The van der Waals surface area contributed by atoms with Gasteiger partial charge in [0.05, 0.1) is 13.3 Å². The number of allylic oxidation sites excluding steroid dienone is 2. The van der Waals surface area contributed by atoms with Gasteiger partial charge in [-0.05, 0) is 55.0 Å². The zero-order valence-corrected chi connectivity index (χ0v) is 10.1. The van der Waals surface area contributed by atoms with Crippen molar-refractivity contribution in [3.8, 4) is 5.75 Å². The zero-order chi connectivity index (χ0) is 11.7. The summed E-state index contributed by atoms with van der Waals surface area (Å²) in [5.41, 5.74) is 2.66. The van der Waals surface area contributed by atoms with Gasteiger partial charge in [-0.2, -0.15) is 0 Å². The average molecular weight is 230 g/mol. The Morgan fingerprint density at radius 1 is 1.41 bits per heavy atom. The molecule has 1 saturated heterocycles. The lowest BCUT2D eigenvalue weighted by Gasteiger charge is -2.25. The average Bonchev–Trinajstić information content (AvgIpc) is 2.82. The van der Waals surface area contributed by atoms with Gasteiger partial charge in [0.25, 0.3) is 0 Å². The van der Waals surface area contributed by atoms with E-state index in [2.05, 4.69) is 22.4 Å². The molecule has 1 aromatic rings. The van der Waals surface area contributed by atoms with Crippen molar-refractivity contribution < 1.29 is 4.74 Å². The Hall–Kier alpha value is -1.35. The molecule has 0 spiro atoms. The Morgan fingerprint density at radius 3 is 3.18 bits per heavy atom. The van der Waals surface area contributed by atoms with Crippen LogP contribution in [0.1, 0.15) is 18.4 Å². The van der Waals surface area contributed by atoms with Crippen molar-refractivity contribution in [3.05, 3.63) is 30.1 Å². The number of methoxy groups -OCH3 is 1. The van der Waals surface area contributed by atoms with Gasteiger partial charge in [-0.3, -0.25) is 4.98 Å². The Labute approximate surface area is 102 Å². The fourth-order valence-electron chi connectivity index (χ4n) is 2.92. The molecule has 2 aliphatic rings. The highest BCUT2D eigenvalue weighted by atomic mass is 16.5. The molecule has 0 amide bonds. The highest BCUT2D eigenvalue weighted by Gasteiger charge is 2.30. The number of ether oxygens (including phenoxy) is 1. The van der Waals surface area contributed by atoms with Crippen molar-refractivity contribution in [3.63, 3.8) is 0 Å². The third-order valence-corrected chi connectivity index (χ3v) is 3.88. The Kier molecular flexibility index (Phi) is 2.85. The van der Waals surface area contributed by atoms with Crippen LogP contribution in [0.25, 0.3) is 5.57 Å². The molecule has 0 aromatic carbocycles. The number of hydrogen-bond acceptors (Lipinski definition) is 3. The lowest BCUT2D eigenvalue weighted by Crippen LogP contribution is -2.33. The summed E-state index contributed by atoms with van der Waals surface area (Å²) in [6.07, 6.45) is 8.59. The smallest absolute Gasteiger partial charge is 0.137 e. The molecule has 1 fully saturated rings. The number of nitrogens with one attached hydrogen (secondary N) is 1. The number of aromatic nitrogens is 1. The number of hydrogen-bond donors (Lipinski definition) is 1. The van der Waals surface area contributed by atoms with Crippen molar-refractivity contribution in [1.82, 2.24) is 10.3 Å². The zero-order valence-electron chi connectivity index (χ0n) is 10.1. The molecule has 3 rings (SSSR count). The molecule has 0 radical (unpaired) electrons. The van der Waals surface area contributed by atoms with Gasteiger partial charge in [-0.15, -0.1) is 0 Å². The molecule has 1 aliphatic carbocycles. The van der Waals surface area contributed by atoms with Gasteiger partial charge in [0, 0.05) is 6.20 Å². The number of nitrogens with zero attached hydrogens (tertiary/aromatic N) is 1. The van der Waals surface area contributed by atoms with E-state index in [0.29, 0.717) is 0 Å². The van der Waals surface area contributed by atoms with Crippen LogP contribution in [0.15, 0.2) is 24.5 Å². The summed E-state index contributed by atoms with van der Waals surface area (Å²) in [6, 6.07) is 2.09. The van der Waals surface area contributed by atoms with Crippen LogP contribution in [-0.2, 0) is 0 Å². The van der Waals surface area contributed by atoms with Crippen LogP contribution in [0.3, 0.4) is 0 Å². The Balaban J connectivity index is 1.84. The third-order valence-electron chi connectivity index (χ3n) is 3.88. The second kappa shape index (κ2) is 4.49. The number of rotatable bonds is 2. The van der Waals surface area contributed by atoms with E-state index in [4.69, 9.17) is 4.74 Å². The summed E-state index contributed by atoms with van der Waals surface area (Å²) in [7, 11) is 1.69. The minimum Gasteiger partial charge on any atom is -0.495 e. The predicted molar refractivity (Wildman–Crippen MR) is 67.8 cm³/mol.